The van der Waals surface area contributed by atoms with E-state index in [1.807, 2.05) is 6.92 Å². The van der Waals surface area contributed by atoms with E-state index in [0.29, 0.717) is 0 Å². The van der Waals surface area contributed by atoms with Crippen LogP contribution in [0.2, 0.25) is 0 Å². The Labute approximate surface area is 97.7 Å². The summed E-state index contributed by atoms with van der Waals surface area (Å²) in [5.74, 6) is 0.418. The van der Waals surface area contributed by atoms with E-state index < -0.39 is 5.60 Å². The average molecular weight is 222 g/mol. The molecule has 2 aliphatic rings. The molecule has 0 spiro atoms. The fourth-order valence-corrected chi connectivity index (χ4v) is 3.61. The Kier molecular flexibility index (Phi) is 2.73. The molecule has 90 valence electrons. The van der Waals surface area contributed by atoms with Gasteiger partial charge < -0.3 is 5.11 Å². The predicted molar refractivity (Wildman–Crippen MR) is 64.1 cm³/mol. The van der Waals surface area contributed by atoms with Crippen LogP contribution in [0, 0.1) is 11.3 Å². The third-order valence-electron chi connectivity index (χ3n) is 4.71. The fraction of sp³-hybridized carbons (Fsp3) is 0.786. The molecule has 1 N–H and O–H groups in total. The molecule has 1 fully saturated rings. The van der Waals surface area contributed by atoms with Gasteiger partial charge >= 0.3 is 0 Å². The van der Waals surface area contributed by atoms with Crippen LogP contribution in [0.4, 0.5) is 0 Å². The van der Waals surface area contributed by atoms with E-state index >= 15 is 0 Å². The Bertz CT molecular complexity index is 341. The summed E-state index contributed by atoms with van der Waals surface area (Å²) in [6.07, 6.45) is 6.96. The largest absolute Gasteiger partial charge is 0.390 e. The molecule has 0 aromatic heterocycles. The number of carbonyl (C=O) groups excluding carboxylic acids is 1. The van der Waals surface area contributed by atoms with E-state index in [-0.39, 0.29) is 17.1 Å². The van der Waals surface area contributed by atoms with Crippen molar-refractivity contribution < 1.29 is 9.90 Å². The SMILES string of the molecule is CC(=O)C1=CC[C@@]2(C)CCC[C@@](C)(O)[C@@H]2C1. The molecule has 0 saturated heterocycles. The van der Waals surface area contributed by atoms with Gasteiger partial charge in [-0.2, -0.15) is 0 Å². The number of rotatable bonds is 1. The van der Waals surface area contributed by atoms with Crippen molar-refractivity contribution in [2.75, 3.05) is 0 Å². The van der Waals surface area contributed by atoms with Crippen LogP contribution in [0.3, 0.4) is 0 Å². The number of hydrogen-bond acceptors (Lipinski definition) is 2. The number of fused-ring (bicyclic) bond motifs is 1. The van der Waals surface area contributed by atoms with Crippen molar-refractivity contribution in [3.05, 3.63) is 11.6 Å². The van der Waals surface area contributed by atoms with Gasteiger partial charge in [0.25, 0.3) is 0 Å². The summed E-state index contributed by atoms with van der Waals surface area (Å²) >= 11 is 0. The van der Waals surface area contributed by atoms with Gasteiger partial charge in [-0.25, -0.2) is 0 Å². The molecule has 2 aliphatic carbocycles. The first-order valence-corrected chi connectivity index (χ1v) is 6.27. The lowest BCUT2D eigenvalue weighted by molar-refractivity contribution is -0.117. The normalized spacial score (nSPS) is 43.5. The summed E-state index contributed by atoms with van der Waals surface area (Å²) < 4.78 is 0. The Morgan fingerprint density at radius 1 is 1.44 bits per heavy atom. The summed E-state index contributed by atoms with van der Waals surface area (Å²) in [6.45, 7) is 5.84. The Balaban J connectivity index is 2.30. The van der Waals surface area contributed by atoms with E-state index in [9.17, 15) is 9.90 Å². The minimum atomic E-state index is -0.595. The van der Waals surface area contributed by atoms with E-state index in [4.69, 9.17) is 0 Å². The zero-order valence-electron chi connectivity index (χ0n) is 10.5. The zero-order valence-corrected chi connectivity index (χ0v) is 10.5. The van der Waals surface area contributed by atoms with Crippen LogP contribution in [0.5, 0.6) is 0 Å². The van der Waals surface area contributed by atoms with E-state index in [2.05, 4.69) is 13.0 Å². The molecule has 1 saturated carbocycles. The molecule has 0 aliphatic heterocycles. The molecule has 2 nitrogen and oxygen atoms in total. The van der Waals surface area contributed by atoms with Crippen LogP contribution >= 0.6 is 0 Å². The highest BCUT2D eigenvalue weighted by Crippen LogP contribution is 2.53. The molecule has 2 heteroatoms. The summed E-state index contributed by atoms with van der Waals surface area (Å²) in [7, 11) is 0. The van der Waals surface area contributed by atoms with E-state index in [1.165, 1.54) is 6.42 Å². The van der Waals surface area contributed by atoms with E-state index in [0.717, 1.165) is 31.3 Å². The number of aliphatic hydroxyl groups is 1. The van der Waals surface area contributed by atoms with Gasteiger partial charge in [0, 0.05) is 0 Å². The molecule has 0 heterocycles. The molecule has 0 aromatic carbocycles. The monoisotopic (exact) mass is 222 g/mol. The molecule has 0 bridgehead atoms. The summed E-state index contributed by atoms with van der Waals surface area (Å²) in [4.78, 5) is 11.4. The maximum atomic E-state index is 11.4. The first-order chi connectivity index (χ1) is 7.35. The van der Waals surface area contributed by atoms with Crippen LogP contribution in [-0.4, -0.2) is 16.5 Å². The van der Waals surface area contributed by atoms with Gasteiger partial charge in [-0.1, -0.05) is 19.4 Å². The molecule has 16 heavy (non-hydrogen) atoms. The number of hydrogen-bond donors (Lipinski definition) is 1. The molecule has 0 unspecified atom stereocenters. The zero-order chi connectivity index (χ0) is 12.0. The summed E-state index contributed by atoms with van der Waals surface area (Å²) in [5, 5.41) is 10.5. The fourth-order valence-electron chi connectivity index (χ4n) is 3.61. The van der Waals surface area contributed by atoms with Crippen molar-refractivity contribution in [1.29, 1.82) is 0 Å². The van der Waals surface area contributed by atoms with Gasteiger partial charge in [0.1, 0.15) is 0 Å². The average Bonchev–Trinajstić information content (AvgIpc) is 2.15. The van der Waals surface area contributed by atoms with Gasteiger partial charge in [-0.15, -0.1) is 0 Å². The van der Waals surface area contributed by atoms with Crippen LogP contribution in [0.25, 0.3) is 0 Å². The van der Waals surface area contributed by atoms with Crippen molar-refractivity contribution >= 4 is 5.78 Å². The number of allylic oxidation sites excluding steroid dienone is 2. The van der Waals surface area contributed by atoms with Gasteiger partial charge in [-0.05, 0) is 56.4 Å². The highest BCUT2D eigenvalue weighted by molar-refractivity contribution is 5.93. The lowest BCUT2D eigenvalue weighted by Gasteiger charge is -2.51. The van der Waals surface area contributed by atoms with Crippen molar-refractivity contribution in [2.24, 2.45) is 11.3 Å². The van der Waals surface area contributed by atoms with Crippen LogP contribution in [0.15, 0.2) is 11.6 Å². The Morgan fingerprint density at radius 3 is 2.75 bits per heavy atom. The third kappa shape index (κ3) is 1.84. The first-order valence-electron chi connectivity index (χ1n) is 6.27. The number of carbonyl (C=O) groups is 1. The van der Waals surface area contributed by atoms with Crippen LogP contribution in [0.1, 0.15) is 52.9 Å². The van der Waals surface area contributed by atoms with Crippen molar-refractivity contribution in [3.63, 3.8) is 0 Å². The quantitative estimate of drug-likeness (QED) is 0.740. The van der Waals surface area contributed by atoms with Gasteiger partial charge in [0.2, 0.25) is 0 Å². The molecular weight excluding hydrogens is 200 g/mol. The van der Waals surface area contributed by atoms with Gasteiger partial charge in [0.05, 0.1) is 5.60 Å². The lowest BCUT2D eigenvalue weighted by atomic mass is 9.55. The highest BCUT2D eigenvalue weighted by atomic mass is 16.3. The van der Waals surface area contributed by atoms with E-state index in [1.54, 1.807) is 6.92 Å². The van der Waals surface area contributed by atoms with Gasteiger partial charge in [0.15, 0.2) is 5.78 Å². The number of Topliss-reactive ketones (excluding diaryl/α,β-unsaturated/α-hetero) is 1. The first kappa shape index (κ1) is 11.8. The minimum absolute atomic E-state index is 0.170. The maximum Gasteiger partial charge on any atom is 0.155 e. The van der Waals surface area contributed by atoms with Crippen molar-refractivity contribution in [3.8, 4) is 0 Å². The van der Waals surface area contributed by atoms with Crippen molar-refractivity contribution in [2.45, 2.75) is 58.5 Å². The molecule has 3 atom stereocenters. The smallest absolute Gasteiger partial charge is 0.155 e. The summed E-state index contributed by atoms with van der Waals surface area (Å²) in [6, 6.07) is 0. The van der Waals surface area contributed by atoms with Crippen LogP contribution in [-0.2, 0) is 4.79 Å². The molecule has 2 rings (SSSR count). The maximum absolute atomic E-state index is 11.4. The standard InChI is InChI=1S/C14H22O2/c1-10(15)11-5-8-13(2)6-4-7-14(3,16)12(13)9-11/h5,12,16H,4,6-9H2,1-3H3/t12-,13-,14-/m1/s1. The van der Waals surface area contributed by atoms with Crippen LogP contribution < -0.4 is 0 Å². The molecule has 0 amide bonds. The Morgan fingerprint density at radius 2 is 2.12 bits per heavy atom. The second-order valence-electron chi connectivity index (χ2n) is 6.11. The van der Waals surface area contributed by atoms with Gasteiger partial charge in [-0.3, -0.25) is 4.79 Å². The predicted octanol–water partition coefficient (Wildman–Crippen LogP) is 2.85. The minimum Gasteiger partial charge on any atom is -0.390 e. The molecule has 0 radical (unpaired) electrons. The lowest BCUT2D eigenvalue weighted by Crippen LogP contribution is -2.49. The summed E-state index contributed by atoms with van der Waals surface area (Å²) in [5.41, 5.74) is 0.521. The Hall–Kier alpha value is -0.630. The topological polar surface area (TPSA) is 37.3 Å². The molecular formula is C14H22O2. The van der Waals surface area contributed by atoms with Crippen molar-refractivity contribution in [1.82, 2.24) is 0 Å². The second kappa shape index (κ2) is 3.69. The molecule has 0 aromatic rings. The number of ketones is 1. The highest BCUT2D eigenvalue weighted by Gasteiger charge is 2.49. The second-order valence-corrected chi connectivity index (χ2v) is 6.11. The third-order valence-corrected chi connectivity index (χ3v) is 4.71.